The Hall–Kier alpha value is -3.25. The van der Waals surface area contributed by atoms with Crippen LogP contribution in [0.3, 0.4) is 0 Å². The summed E-state index contributed by atoms with van der Waals surface area (Å²) in [7, 11) is 1.59. The minimum absolute atomic E-state index is 0.256. The van der Waals surface area contributed by atoms with Crippen LogP contribution in [-0.4, -0.2) is 18.0 Å². The largest absolute Gasteiger partial charge is 0.457 e. The number of carbonyl (C=O) groups is 1. The third kappa shape index (κ3) is 4.64. The zero-order chi connectivity index (χ0) is 18.4. The van der Waals surface area contributed by atoms with Crippen molar-refractivity contribution in [3.63, 3.8) is 0 Å². The van der Waals surface area contributed by atoms with Gasteiger partial charge in [-0.05, 0) is 60.7 Å². The number of pyridine rings is 1. The fraction of sp³-hybridized carbons (Fsp3) is 0.100. The van der Waals surface area contributed by atoms with Crippen LogP contribution in [0.5, 0.6) is 11.5 Å². The number of amides is 1. The summed E-state index contributed by atoms with van der Waals surface area (Å²) >= 11 is 0. The van der Waals surface area contributed by atoms with E-state index in [9.17, 15) is 9.18 Å². The van der Waals surface area contributed by atoms with E-state index in [0.29, 0.717) is 29.4 Å². The summed E-state index contributed by atoms with van der Waals surface area (Å²) in [5.41, 5.74) is 1.84. The van der Waals surface area contributed by atoms with Crippen molar-refractivity contribution in [3.8, 4) is 11.5 Å². The zero-order valence-electron chi connectivity index (χ0n) is 14.1. The number of anilines is 1. The Morgan fingerprint density at radius 3 is 2.23 bits per heavy atom. The normalized spacial score (nSPS) is 10.4. The summed E-state index contributed by atoms with van der Waals surface area (Å²) in [5.74, 6) is 0.541. The maximum atomic E-state index is 12.9. The summed E-state index contributed by atoms with van der Waals surface area (Å²) in [6, 6.07) is 16.1. The Labute approximate surface area is 150 Å². The third-order valence-corrected chi connectivity index (χ3v) is 3.54. The standard InChI is InChI=1S/C20H17FN2O3/c1-25-13-17-5-2-14(12-22-17)20(24)23-16-6-10-19(11-7-16)26-18-8-3-15(21)4-9-18/h2-12H,13H2,1H3,(H,23,24). The monoisotopic (exact) mass is 352 g/mol. The molecule has 0 saturated heterocycles. The van der Waals surface area contributed by atoms with E-state index < -0.39 is 0 Å². The lowest BCUT2D eigenvalue weighted by Gasteiger charge is -2.08. The SMILES string of the molecule is COCc1ccc(C(=O)Nc2ccc(Oc3ccc(F)cc3)cc2)cn1. The molecule has 0 atom stereocenters. The average molecular weight is 352 g/mol. The molecular formula is C20H17FN2O3. The van der Waals surface area contributed by atoms with Gasteiger partial charge in [0.25, 0.3) is 5.91 Å². The molecule has 0 radical (unpaired) electrons. The van der Waals surface area contributed by atoms with Crippen molar-refractivity contribution in [1.29, 1.82) is 0 Å². The molecule has 0 unspecified atom stereocenters. The minimum atomic E-state index is -0.319. The highest BCUT2D eigenvalue weighted by Crippen LogP contribution is 2.23. The molecule has 0 aliphatic carbocycles. The first-order valence-corrected chi connectivity index (χ1v) is 7.93. The summed E-state index contributed by atoms with van der Waals surface area (Å²) in [6.45, 7) is 0.400. The van der Waals surface area contributed by atoms with Crippen molar-refractivity contribution in [2.24, 2.45) is 0 Å². The van der Waals surface area contributed by atoms with Gasteiger partial charge in [-0.25, -0.2) is 4.39 Å². The highest BCUT2D eigenvalue weighted by molar-refractivity contribution is 6.04. The van der Waals surface area contributed by atoms with Gasteiger partial charge in [-0.2, -0.15) is 0 Å². The van der Waals surface area contributed by atoms with Gasteiger partial charge in [0.2, 0.25) is 0 Å². The van der Waals surface area contributed by atoms with Gasteiger partial charge in [0.1, 0.15) is 17.3 Å². The Balaban J connectivity index is 1.61. The smallest absolute Gasteiger partial charge is 0.257 e. The number of benzene rings is 2. The van der Waals surface area contributed by atoms with E-state index in [1.54, 1.807) is 55.6 Å². The second-order valence-electron chi connectivity index (χ2n) is 5.51. The first kappa shape index (κ1) is 17.6. The molecule has 0 aliphatic heterocycles. The van der Waals surface area contributed by atoms with Crippen LogP contribution in [0.4, 0.5) is 10.1 Å². The first-order valence-electron chi connectivity index (χ1n) is 7.93. The van der Waals surface area contributed by atoms with Crippen molar-refractivity contribution in [3.05, 3.63) is 83.9 Å². The molecule has 0 bridgehead atoms. The predicted molar refractivity (Wildman–Crippen MR) is 95.8 cm³/mol. The van der Waals surface area contributed by atoms with E-state index in [2.05, 4.69) is 10.3 Å². The van der Waals surface area contributed by atoms with Gasteiger partial charge < -0.3 is 14.8 Å². The molecule has 1 aromatic heterocycles. The van der Waals surface area contributed by atoms with Gasteiger partial charge >= 0.3 is 0 Å². The van der Waals surface area contributed by atoms with Gasteiger partial charge in [0.15, 0.2) is 0 Å². The summed E-state index contributed by atoms with van der Waals surface area (Å²) in [6.07, 6.45) is 1.51. The molecule has 1 N–H and O–H groups in total. The number of hydrogen-bond acceptors (Lipinski definition) is 4. The number of nitrogens with one attached hydrogen (secondary N) is 1. The highest BCUT2D eigenvalue weighted by atomic mass is 19.1. The van der Waals surface area contributed by atoms with Crippen molar-refractivity contribution in [2.45, 2.75) is 6.61 Å². The first-order chi connectivity index (χ1) is 12.6. The van der Waals surface area contributed by atoms with Crippen LogP contribution < -0.4 is 10.1 Å². The van der Waals surface area contributed by atoms with E-state index in [1.165, 1.54) is 18.3 Å². The Bertz CT molecular complexity index is 863. The molecule has 3 rings (SSSR count). The molecule has 0 saturated carbocycles. The Morgan fingerprint density at radius 2 is 1.65 bits per heavy atom. The van der Waals surface area contributed by atoms with Gasteiger partial charge in [-0.1, -0.05) is 0 Å². The van der Waals surface area contributed by atoms with Crippen molar-refractivity contribution in [1.82, 2.24) is 4.98 Å². The van der Waals surface area contributed by atoms with E-state index >= 15 is 0 Å². The molecule has 26 heavy (non-hydrogen) atoms. The minimum Gasteiger partial charge on any atom is -0.457 e. The summed E-state index contributed by atoms with van der Waals surface area (Å²) in [5, 5.41) is 2.79. The van der Waals surface area contributed by atoms with E-state index in [4.69, 9.17) is 9.47 Å². The number of carbonyl (C=O) groups excluding carboxylic acids is 1. The van der Waals surface area contributed by atoms with E-state index in [1.807, 2.05) is 0 Å². The maximum Gasteiger partial charge on any atom is 0.257 e. The molecule has 2 aromatic carbocycles. The number of halogens is 1. The van der Waals surface area contributed by atoms with E-state index in [-0.39, 0.29) is 11.7 Å². The molecule has 6 heteroatoms. The zero-order valence-corrected chi connectivity index (χ0v) is 14.1. The Kier molecular flexibility index (Phi) is 5.56. The maximum absolute atomic E-state index is 12.9. The topological polar surface area (TPSA) is 60.5 Å². The third-order valence-electron chi connectivity index (χ3n) is 3.54. The number of ether oxygens (including phenoxy) is 2. The van der Waals surface area contributed by atoms with Gasteiger partial charge in [0.05, 0.1) is 17.9 Å². The molecule has 0 aliphatic rings. The number of nitrogens with zero attached hydrogens (tertiary/aromatic N) is 1. The summed E-state index contributed by atoms with van der Waals surface area (Å²) < 4.78 is 23.5. The summed E-state index contributed by atoms with van der Waals surface area (Å²) in [4.78, 5) is 16.4. The van der Waals surface area contributed by atoms with Crippen LogP contribution in [0, 0.1) is 5.82 Å². The van der Waals surface area contributed by atoms with E-state index in [0.717, 1.165) is 5.69 Å². The highest BCUT2D eigenvalue weighted by Gasteiger charge is 2.07. The van der Waals surface area contributed by atoms with Crippen LogP contribution in [0.1, 0.15) is 16.1 Å². The lowest BCUT2D eigenvalue weighted by Crippen LogP contribution is -2.12. The quantitative estimate of drug-likeness (QED) is 0.714. The van der Waals surface area contributed by atoms with Crippen LogP contribution >= 0.6 is 0 Å². The Morgan fingerprint density at radius 1 is 1.00 bits per heavy atom. The lowest BCUT2D eigenvalue weighted by atomic mass is 10.2. The van der Waals surface area contributed by atoms with Gasteiger partial charge in [-0.3, -0.25) is 9.78 Å². The van der Waals surface area contributed by atoms with Gasteiger partial charge in [-0.15, -0.1) is 0 Å². The van der Waals surface area contributed by atoms with Crippen molar-refractivity contribution in [2.75, 3.05) is 12.4 Å². The molecule has 0 fully saturated rings. The predicted octanol–water partition coefficient (Wildman–Crippen LogP) is 4.41. The number of hydrogen-bond donors (Lipinski definition) is 1. The number of methoxy groups -OCH3 is 1. The van der Waals surface area contributed by atoms with Gasteiger partial charge in [0, 0.05) is 19.0 Å². The van der Waals surface area contributed by atoms with Crippen molar-refractivity contribution < 1.29 is 18.7 Å². The molecule has 1 heterocycles. The molecule has 1 amide bonds. The fourth-order valence-corrected chi connectivity index (χ4v) is 2.24. The van der Waals surface area contributed by atoms with Crippen LogP contribution in [0.15, 0.2) is 66.9 Å². The van der Waals surface area contributed by atoms with Crippen LogP contribution in [-0.2, 0) is 11.3 Å². The number of aromatic nitrogens is 1. The molecule has 3 aromatic rings. The second kappa shape index (κ2) is 8.22. The molecule has 5 nitrogen and oxygen atoms in total. The van der Waals surface area contributed by atoms with Crippen molar-refractivity contribution >= 4 is 11.6 Å². The van der Waals surface area contributed by atoms with Crippen LogP contribution in [0.25, 0.3) is 0 Å². The lowest BCUT2D eigenvalue weighted by molar-refractivity contribution is 0.102. The number of rotatable bonds is 6. The molecule has 0 spiro atoms. The average Bonchev–Trinajstić information content (AvgIpc) is 2.66. The second-order valence-corrected chi connectivity index (χ2v) is 5.51. The fourth-order valence-electron chi connectivity index (χ4n) is 2.24. The molecular weight excluding hydrogens is 335 g/mol. The van der Waals surface area contributed by atoms with Crippen LogP contribution in [0.2, 0.25) is 0 Å². The molecule has 132 valence electrons.